The third-order valence-corrected chi connectivity index (χ3v) is 3.21. The Hall–Kier alpha value is -0.590. The van der Waals surface area contributed by atoms with Gasteiger partial charge in [-0.05, 0) is 24.7 Å². The van der Waals surface area contributed by atoms with Gasteiger partial charge in [0.1, 0.15) is 5.78 Å². The van der Waals surface area contributed by atoms with E-state index in [0.29, 0.717) is 17.6 Å². The molecule has 66 valence electrons. The maximum absolute atomic E-state index is 11.7. The van der Waals surface area contributed by atoms with Gasteiger partial charge in [-0.3, -0.25) is 4.79 Å². The van der Waals surface area contributed by atoms with Crippen LogP contribution in [0.5, 0.6) is 0 Å². The molecule has 0 radical (unpaired) electrons. The predicted octanol–water partition coefficient (Wildman–Crippen LogP) is 2.42. The van der Waals surface area contributed by atoms with Gasteiger partial charge in [0.2, 0.25) is 0 Å². The van der Waals surface area contributed by atoms with E-state index in [-0.39, 0.29) is 5.92 Å². The highest BCUT2D eigenvalue weighted by atomic mass is 16.1. The standard InChI is InChI=1S/C11H16O/c1-7(2)11(12)10-6-8-3-4-9(10)5-8/h3-4,7-10H,5-6H2,1-2H3/t8-,9+,10-/m0/s1. The Labute approximate surface area is 73.8 Å². The van der Waals surface area contributed by atoms with Crippen LogP contribution in [0.1, 0.15) is 26.7 Å². The van der Waals surface area contributed by atoms with E-state index in [0.717, 1.165) is 12.3 Å². The van der Waals surface area contributed by atoms with Crippen LogP contribution in [0.4, 0.5) is 0 Å². The first kappa shape index (κ1) is 8.03. The quantitative estimate of drug-likeness (QED) is 0.573. The zero-order valence-corrected chi connectivity index (χ0v) is 7.79. The molecule has 0 aromatic carbocycles. The molecule has 2 aliphatic rings. The first-order valence-corrected chi connectivity index (χ1v) is 4.90. The second kappa shape index (κ2) is 2.72. The molecule has 2 rings (SSSR count). The summed E-state index contributed by atoms with van der Waals surface area (Å²) in [4.78, 5) is 11.7. The Bertz CT molecular complexity index is 227. The van der Waals surface area contributed by atoms with Gasteiger partial charge >= 0.3 is 0 Å². The van der Waals surface area contributed by atoms with Crippen molar-refractivity contribution in [3.8, 4) is 0 Å². The Kier molecular flexibility index (Phi) is 1.82. The summed E-state index contributed by atoms with van der Waals surface area (Å²) in [5.74, 6) is 2.38. The summed E-state index contributed by atoms with van der Waals surface area (Å²) in [7, 11) is 0. The minimum Gasteiger partial charge on any atom is -0.299 e. The molecule has 0 aromatic rings. The molecule has 0 aromatic heterocycles. The summed E-state index contributed by atoms with van der Waals surface area (Å²) < 4.78 is 0. The van der Waals surface area contributed by atoms with Crippen LogP contribution in [0.3, 0.4) is 0 Å². The fourth-order valence-corrected chi connectivity index (χ4v) is 2.54. The van der Waals surface area contributed by atoms with E-state index < -0.39 is 0 Å². The summed E-state index contributed by atoms with van der Waals surface area (Å²) in [6.07, 6.45) is 6.90. The zero-order chi connectivity index (χ0) is 8.72. The molecule has 2 aliphatic carbocycles. The lowest BCUT2D eigenvalue weighted by Gasteiger charge is -2.18. The van der Waals surface area contributed by atoms with Crippen LogP contribution < -0.4 is 0 Å². The molecule has 0 unspecified atom stereocenters. The normalized spacial score (nSPS) is 38.1. The molecule has 0 amide bonds. The van der Waals surface area contributed by atoms with Crippen LogP contribution in [0.2, 0.25) is 0 Å². The molecular weight excluding hydrogens is 148 g/mol. The van der Waals surface area contributed by atoms with E-state index >= 15 is 0 Å². The maximum atomic E-state index is 11.7. The number of hydrogen-bond acceptors (Lipinski definition) is 1. The van der Waals surface area contributed by atoms with E-state index in [1.54, 1.807) is 0 Å². The Balaban J connectivity index is 2.08. The van der Waals surface area contributed by atoms with Gasteiger partial charge in [0.05, 0.1) is 0 Å². The molecule has 1 nitrogen and oxygen atoms in total. The van der Waals surface area contributed by atoms with E-state index in [9.17, 15) is 4.79 Å². The average Bonchev–Trinajstić information content (AvgIpc) is 2.62. The molecule has 3 atom stereocenters. The van der Waals surface area contributed by atoms with Crippen molar-refractivity contribution in [1.29, 1.82) is 0 Å². The van der Waals surface area contributed by atoms with E-state index in [4.69, 9.17) is 0 Å². The molecule has 2 bridgehead atoms. The van der Waals surface area contributed by atoms with Gasteiger partial charge in [-0.25, -0.2) is 0 Å². The second-order valence-corrected chi connectivity index (χ2v) is 4.44. The number of allylic oxidation sites excluding steroid dienone is 2. The summed E-state index contributed by atoms with van der Waals surface area (Å²) in [5.41, 5.74) is 0. The maximum Gasteiger partial charge on any atom is 0.139 e. The van der Waals surface area contributed by atoms with Crippen molar-refractivity contribution in [3.05, 3.63) is 12.2 Å². The largest absolute Gasteiger partial charge is 0.299 e. The van der Waals surface area contributed by atoms with E-state index in [1.807, 2.05) is 13.8 Å². The number of carbonyl (C=O) groups is 1. The van der Waals surface area contributed by atoms with Crippen LogP contribution in [0.15, 0.2) is 12.2 Å². The first-order chi connectivity index (χ1) is 5.68. The summed E-state index contributed by atoms with van der Waals surface area (Å²) in [5, 5.41) is 0. The number of fused-ring (bicyclic) bond motifs is 2. The van der Waals surface area contributed by atoms with Gasteiger partial charge in [0, 0.05) is 11.8 Å². The molecule has 1 heteroatoms. The molecule has 12 heavy (non-hydrogen) atoms. The highest BCUT2D eigenvalue weighted by Crippen LogP contribution is 2.44. The smallest absolute Gasteiger partial charge is 0.139 e. The minimum atomic E-state index is 0.225. The molecule has 1 fully saturated rings. The van der Waals surface area contributed by atoms with Crippen LogP contribution in [-0.4, -0.2) is 5.78 Å². The molecule has 0 aliphatic heterocycles. The monoisotopic (exact) mass is 164 g/mol. The van der Waals surface area contributed by atoms with E-state index in [2.05, 4.69) is 12.2 Å². The Morgan fingerprint density at radius 1 is 1.33 bits per heavy atom. The van der Waals surface area contributed by atoms with Crippen molar-refractivity contribution in [2.24, 2.45) is 23.7 Å². The van der Waals surface area contributed by atoms with Crippen molar-refractivity contribution in [2.75, 3.05) is 0 Å². The van der Waals surface area contributed by atoms with Crippen molar-refractivity contribution in [3.63, 3.8) is 0 Å². The van der Waals surface area contributed by atoms with Gasteiger partial charge in [-0.15, -0.1) is 0 Å². The lowest BCUT2D eigenvalue weighted by molar-refractivity contribution is -0.126. The predicted molar refractivity (Wildman–Crippen MR) is 48.7 cm³/mol. The fourth-order valence-electron chi connectivity index (χ4n) is 2.54. The van der Waals surface area contributed by atoms with Gasteiger partial charge in [0.25, 0.3) is 0 Å². The Morgan fingerprint density at radius 3 is 2.50 bits per heavy atom. The number of Topliss-reactive ketones (excluding diaryl/α,β-unsaturated/α-hetero) is 1. The molecule has 0 N–H and O–H groups in total. The van der Waals surface area contributed by atoms with Gasteiger partial charge in [-0.2, -0.15) is 0 Å². The fraction of sp³-hybridized carbons (Fsp3) is 0.727. The van der Waals surface area contributed by atoms with Crippen LogP contribution in [-0.2, 0) is 4.79 Å². The van der Waals surface area contributed by atoms with Crippen molar-refractivity contribution < 1.29 is 4.79 Å². The number of rotatable bonds is 2. The highest BCUT2D eigenvalue weighted by Gasteiger charge is 2.39. The number of carbonyl (C=O) groups excluding carboxylic acids is 1. The van der Waals surface area contributed by atoms with Crippen LogP contribution in [0, 0.1) is 23.7 Å². The van der Waals surface area contributed by atoms with Gasteiger partial charge in [0.15, 0.2) is 0 Å². The van der Waals surface area contributed by atoms with Crippen molar-refractivity contribution in [1.82, 2.24) is 0 Å². The molecule has 0 saturated heterocycles. The SMILES string of the molecule is CC(C)C(=O)[C@H]1C[C@H]2C=C[C@@H]1C2. The lowest BCUT2D eigenvalue weighted by Crippen LogP contribution is -2.23. The number of ketones is 1. The van der Waals surface area contributed by atoms with Crippen molar-refractivity contribution in [2.45, 2.75) is 26.7 Å². The van der Waals surface area contributed by atoms with Crippen molar-refractivity contribution >= 4 is 5.78 Å². The second-order valence-electron chi connectivity index (χ2n) is 4.44. The summed E-state index contributed by atoms with van der Waals surface area (Å²) in [6.45, 7) is 4.02. The Morgan fingerprint density at radius 2 is 2.08 bits per heavy atom. The molecular formula is C11H16O. The third-order valence-electron chi connectivity index (χ3n) is 3.21. The lowest BCUT2D eigenvalue weighted by atomic mass is 9.85. The number of hydrogen-bond donors (Lipinski definition) is 0. The average molecular weight is 164 g/mol. The van der Waals surface area contributed by atoms with Crippen LogP contribution >= 0.6 is 0 Å². The topological polar surface area (TPSA) is 17.1 Å². The molecule has 0 heterocycles. The van der Waals surface area contributed by atoms with Gasteiger partial charge in [-0.1, -0.05) is 26.0 Å². The summed E-state index contributed by atoms with van der Waals surface area (Å²) >= 11 is 0. The summed E-state index contributed by atoms with van der Waals surface area (Å²) in [6, 6.07) is 0. The highest BCUT2D eigenvalue weighted by molar-refractivity contribution is 5.83. The van der Waals surface area contributed by atoms with Crippen LogP contribution in [0.25, 0.3) is 0 Å². The minimum absolute atomic E-state index is 0.225. The molecule has 1 saturated carbocycles. The molecule has 0 spiro atoms. The van der Waals surface area contributed by atoms with E-state index in [1.165, 1.54) is 6.42 Å². The third kappa shape index (κ3) is 1.12. The zero-order valence-electron chi connectivity index (χ0n) is 7.79. The first-order valence-electron chi connectivity index (χ1n) is 4.90. The van der Waals surface area contributed by atoms with Gasteiger partial charge < -0.3 is 0 Å².